The summed E-state index contributed by atoms with van der Waals surface area (Å²) in [5.74, 6) is 1.81. The molecule has 1 aromatic heterocycles. The second-order valence-corrected chi connectivity index (χ2v) is 6.44. The number of aromatic nitrogens is 1. The minimum Gasteiger partial charge on any atom is -0.367 e. The van der Waals surface area contributed by atoms with Crippen LogP contribution in [0.3, 0.4) is 0 Å². The maximum atomic E-state index is 4.59. The van der Waals surface area contributed by atoms with Crippen LogP contribution in [0.5, 0.6) is 0 Å². The first-order valence-corrected chi connectivity index (χ1v) is 8.07. The summed E-state index contributed by atoms with van der Waals surface area (Å²) < 4.78 is 0. The molecule has 0 spiro atoms. The minimum absolute atomic E-state index is 0.476. The van der Waals surface area contributed by atoms with E-state index >= 15 is 0 Å². The Bertz CT molecular complexity index is 416. The fraction of sp³-hybridized carbons (Fsp3) is 0.706. The van der Waals surface area contributed by atoms with E-state index in [1.807, 2.05) is 6.20 Å². The van der Waals surface area contributed by atoms with Crippen LogP contribution in [0, 0.1) is 5.92 Å². The van der Waals surface area contributed by atoms with E-state index in [2.05, 4.69) is 55.0 Å². The van der Waals surface area contributed by atoms with Gasteiger partial charge in [0, 0.05) is 30.4 Å². The third-order valence-electron chi connectivity index (χ3n) is 4.16. The topological polar surface area (TPSA) is 28.2 Å². The van der Waals surface area contributed by atoms with Crippen LogP contribution in [-0.2, 0) is 0 Å². The lowest BCUT2D eigenvalue weighted by Crippen LogP contribution is -2.28. The standard InChI is InChI=1S/C17H29N3/c1-5-14(4)19-17-15(8-6-10-18-17)16-9-7-11-20(16)12-13(2)3/h6,8,10,13-14,16H,5,7,9,11-12H2,1-4H3,(H,18,19)/t14-,16-/m1/s1. The van der Waals surface area contributed by atoms with Gasteiger partial charge in [0.05, 0.1) is 0 Å². The van der Waals surface area contributed by atoms with E-state index in [0.29, 0.717) is 12.1 Å². The number of pyridine rings is 1. The fourth-order valence-electron chi connectivity index (χ4n) is 3.01. The Labute approximate surface area is 123 Å². The molecule has 1 aromatic rings. The highest BCUT2D eigenvalue weighted by Gasteiger charge is 2.28. The first-order valence-electron chi connectivity index (χ1n) is 8.07. The molecule has 1 aliphatic rings. The van der Waals surface area contributed by atoms with Crippen LogP contribution in [0.1, 0.15) is 58.6 Å². The Kier molecular flexibility index (Phi) is 5.41. The Balaban J connectivity index is 2.18. The molecule has 0 amide bonds. The number of anilines is 1. The van der Waals surface area contributed by atoms with Gasteiger partial charge in [0.25, 0.3) is 0 Å². The number of nitrogens with zero attached hydrogens (tertiary/aromatic N) is 2. The van der Waals surface area contributed by atoms with Crippen LogP contribution in [0.2, 0.25) is 0 Å². The highest BCUT2D eigenvalue weighted by molar-refractivity contribution is 5.46. The normalized spacial score (nSPS) is 21.4. The molecule has 3 heteroatoms. The van der Waals surface area contributed by atoms with Crippen LogP contribution < -0.4 is 5.32 Å². The first kappa shape index (κ1) is 15.3. The smallest absolute Gasteiger partial charge is 0.130 e. The largest absolute Gasteiger partial charge is 0.367 e. The second-order valence-electron chi connectivity index (χ2n) is 6.44. The summed E-state index contributed by atoms with van der Waals surface area (Å²) in [6, 6.07) is 5.34. The number of rotatable bonds is 6. The van der Waals surface area contributed by atoms with E-state index in [1.165, 1.54) is 31.5 Å². The first-order chi connectivity index (χ1) is 9.61. The van der Waals surface area contributed by atoms with Gasteiger partial charge in [-0.05, 0) is 44.7 Å². The van der Waals surface area contributed by atoms with Gasteiger partial charge in [-0.2, -0.15) is 0 Å². The number of nitrogens with one attached hydrogen (secondary N) is 1. The van der Waals surface area contributed by atoms with E-state index in [0.717, 1.165) is 18.2 Å². The molecule has 1 saturated heterocycles. The summed E-state index contributed by atoms with van der Waals surface area (Å²) in [5.41, 5.74) is 1.38. The molecular formula is C17H29N3. The molecule has 1 aliphatic heterocycles. The molecule has 2 rings (SSSR count). The average Bonchev–Trinajstić information content (AvgIpc) is 2.86. The Hall–Kier alpha value is -1.09. The quantitative estimate of drug-likeness (QED) is 0.847. The lowest BCUT2D eigenvalue weighted by molar-refractivity contribution is 0.229. The molecule has 0 radical (unpaired) electrons. The van der Waals surface area contributed by atoms with E-state index in [-0.39, 0.29) is 0 Å². The fourth-order valence-corrected chi connectivity index (χ4v) is 3.01. The van der Waals surface area contributed by atoms with Crippen LogP contribution in [-0.4, -0.2) is 29.0 Å². The lowest BCUT2D eigenvalue weighted by Gasteiger charge is -2.28. The summed E-state index contributed by atoms with van der Waals surface area (Å²) in [4.78, 5) is 7.22. The van der Waals surface area contributed by atoms with E-state index < -0.39 is 0 Å². The van der Waals surface area contributed by atoms with Gasteiger partial charge in [-0.15, -0.1) is 0 Å². The van der Waals surface area contributed by atoms with Gasteiger partial charge >= 0.3 is 0 Å². The highest BCUT2D eigenvalue weighted by atomic mass is 15.2. The summed E-state index contributed by atoms with van der Waals surface area (Å²) in [6.45, 7) is 11.4. The predicted molar refractivity (Wildman–Crippen MR) is 86.0 cm³/mol. The highest BCUT2D eigenvalue weighted by Crippen LogP contribution is 2.35. The average molecular weight is 275 g/mol. The second kappa shape index (κ2) is 7.07. The molecule has 0 saturated carbocycles. The van der Waals surface area contributed by atoms with Crippen LogP contribution in [0.15, 0.2) is 18.3 Å². The molecule has 1 fully saturated rings. The summed E-state index contributed by atoms with van der Waals surface area (Å²) in [6.07, 6.45) is 5.58. The van der Waals surface area contributed by atoms with Crippen LogP contribution in [0.25, 0.3) is 0 Å². The van der Waals surface area contributed by atoms with Crippen molar-refractivity contribution < 1.29 is 0 Å². The maximum absolute atomic E-state index is 4.59. The summed E-state index contributed by atoms with van der Waals surface area (Å²) in [5, 5.41) is 3.57. The van der Waals surface area contributed by atoms with Crippen molar-refractivity contribution in [1.29, 1.82) is 0 Å². The minimum atomic E-state index is 0.476. The molecule has 0 aliphatic carbocycles. The lowest BCUT2D eigenvalue weighted by atomic mass is 10.0. The molecular weight excluding hydrogens is 246 g/mol. The zero-order valence-electron chi connectivity index (χ0n) is 13.4. The number of hydrogen-bond acceptors (Lipinski definition) is 3. The zero-order chi connectivity index (χ0) is 14.5. The third-order valence-corrected chi connectivity index (χ3v) is 4.16. The Morgan fingerprint density at radius 2 is 2.20 bits per heavy atom. The Morgan fingerprint density at radius 1 is 1.40 bits per heavy atom. The molecule has 0 aromatic carbocycles. The molecule has 1 N–H and O–H groups in total. The van der Waals surface area contributed by atoms with Crippen molar-refractivity contribution >= 4 is 5.82 Å². The maximum Gasteiger partial charge on any atom is 0.130 e. The van der Waals surface area contributed by atoms with Gasteiger partial charge < -0.3 is 5.32 Å². The summed E-state index contributed by atoms with van der Waals surface area (Å²) in [7, 11) is 0. The van der Waals surface area contributed by atoms with Crippen molar-refractivity contribution in [2.75, 3.05) is 18.4 Å². The van der Waals surface area contributed by atoms with Gasteiger partial charge in [-0.1, -0.05) is 26.8 Å². The van der Waals surface area contributed by atoms with Crippen molar-refractivity contribution in [1.82, 2.24) is 9.88 Å². The van der Waals surface area contributed by atoms with Crippen molar-refractivity contribution in [3.05, 3.63) is 23.9 Å². The molecule has 0 unspecified atom stereocenters. The van der Waals surface area contributed by atoms with Gasteiger partial charge in [0.1, 0.15) is 5.82 Å². The SMILES string of the molecule is CC[C@@H](C)Nc1ncccc1[C@H]1CCCN1CC(C)C. The van der Waals surface area contributed by atoms with Crippen molar-refractivity contribution in [3.8, 4) is 0 Å². The van der Waals surface area contributed by atoms with E-state index in [9.17, 15) is 0 Å². The zero-order valence-corrected chi connectivity index (χ0v) is 13.4. The van der Waals surface area contributed by atoms with E-state index in [1.54, 1.807) is 0 Å². The number of likely N-dealkylation sites (tertiary alicyclic amines) is 1. The van der Waals surface area contributed by atoms with Gasteiger partial charge in [-0.3, -0.25) is 4.90 Å². The number of hydrogen-bond donors (Lipinski definition) is 1. The summed E-state index contributed by atoms with van der Waals surface area (Å²) >= 11 is 0. The van der Waals surface area contributed by atoms with Crippen molar-refractivity contribution in [2.45, 2.75) is 59.0 Å². The van der Waals surface area contributed by atoms with Gasteiger partial charge in [-0.25, -0.2) is 4.98 Å². The van der Waals surface area contributed by atoms with Crippen molar-refractivity contribution in [2.24, 2.45) is 5.92 Å². The Morgan fingerprint density at radius 3 is 2.90 bits per heavy atom. The third kappa shape index (κ3) is 3.72. The van der Waals surface area contributed by atoms with E-state index in [4.69, 9.17) is 0 Å². The van der Waals surface area contributed by atoms with Crippen LogP contribution >= 0.6 is 0 Å². The molecule has 3 nitrogen and oxygen atoms in total. The van der Waals surface area contributed by atoms with Gasteiger partial charge in [0.2, 0.25) is 0 Å². The van der Waals surface area contributed by atoms with Crippen molar-refractivity contribution in [3.63, 3.8) is 0 Å². The predicted octanol–water partition coefficient (Wildman–Crippen LogP) is 4.08. The molecule has 2 heterocycles. The molecule has 0 bridgehead atoms. The molecule has 20 heavy (non-hydrogen) atoms. The molecule has 112 valence electrons. The van der Waals surface area contributed by atoms with Gasteiger partial charge in [0.15, 0.2) is 0 Å². The monoisotopic (exact) mass is 275 g/mol. The molecule has 2 atom stereocenters. The van der Waals surface area contributed by atoms with Crippen LogP contribution in [0.4, 0.5) is 5.82 Å².